The van der Waals surface area contributed by atoms with Gasteiger partial charge in [0.05, 0.1) is 9.79 Å². The third kappa shape index (κ3) is 4.77. The smallest absolute Gasteiger partial charge is 0.324 e. The Bertz CT molecular complexity index is 1250. The summed E-state index contributed by atoms with van der Waals surface area (Å²) in [6.07, 6.45) is 4.00. The van der Waals surface area contributed by atoms with Crippen molar-refractivity contribution in [2.24, 2.45) is 5.92 Å². The lowest BCUT2D eigenvalue weighted by Crippen LogP contribution is -2.46. The highest BCUT2D eigenvalue weighted by molar-refractivity contribution is 7.89. The molecule has 1 heterocycles. The molecule has 2 aliphatic rings. The second-order valence-electron chi connectivity index (χ2n) is 9.05. The number of carbonyl (C=O) groups is 1. The molecule has 3 atom stereocenters. The van der Waals surface area contributed by atoms with Crippen LogP contribution in [0.25, 0.3) is 0 Å². The lowest BCUT2D eigenvalue weighted by molar-refractivity contribution is -0.149. The summed E-state index contributed by atoms with van der Waals surface area (Å²) in [6, 6.07) is 13.3. The van der Waals surface area contributed by atoms with E-state index in [9.17, 15) is 21.6 Å². The molecule has 1 saturated carbocycles. The number of hydrogen-bond acceptors (Lipinski definition) is 6. The number of sulfonamides is 2. The van der Waals surface area contributed by atoms with E-state index >= 15 is 0 Å². The Labute approximate surface area is 201 Å². The molecular formula is C24H30N2O6S2. The summed E-state index contributed by atoms with van der Waals surface area (Å²) < 4.78 is 60.0. The molecule has 8 nitrogen and oxygen atoms in total. The van der Waals surface area contributed by atoms with Crippen LogP contribution in [-0.2, 0) is 36.2 Å². The summed E-state index contributed by atoms with van der Waals surface area (Å²) >= 11 is 0. The van der Waals surface area contributed by atoms with Gasteiger partial charge in [-0.25, -0.2) is 21.1 Å². The average Bonchev–Trinajstić information content (AvgIpc) is 3.24. The summed E-state index contributed by atoms with van der Waals surface area (Å²) in [6.45, 7) is -0.138. The fourth-order valence-corrected chi connectivity index (χ4v) is 7.80. The molecule has 0 aromatic heterocycles. The van der Waals surface area contributed by atoms with Gasteiger partial charge in [-0.2, -0.15) is 4.31 Å². The van der Waals surface area contributed by atoms with Crippen LogP contribution < -0.4 is 0 Å². The van der Waals surface area contributed by atoms with Crippen LogP contribution in [-0.4, -0.2) is 57.6 Å². The van der Waals surface area contributed by atoms with Crippen LogP contribution in [0.3, 0.4) is 0 Å². The van der Waals surface area contributed by atoms with E-state index in [1.807, 2.05) is 0 Å². The highest BCUT2D eigenvalue weighted by Gasteiger charge is 2.51. The van der Waals surface area contributed by atoms with E-state index in [-0.39, 0.29) is 28.4 Å². The van der Waals surface area contributed by atoms with Gasteiger partial charge in [0.25, 0.3) is 0 Å². The number of ether oxygens (including phenoxy) is 1. The van der Waals surface area contributed by atoms with Crippen LogP contribution in [0.15, 0.2) is 64.4 Å². The summed E-state index contributed by atoms with van der Waals surface area (Å²) in [5.41, 5.74) is 0.518. The maximum Gasteiger partial charge on any atom is 0.324 e. The van der Waals surface area contributed by atoms with Crippen molar-refractivity contribution >= 4 is 26.0 Å². The molecule has 34 heavy (non-hydrogen) atoms. The van der Waals surface area contributed by atoms with Gasteiger partial charge in [-0.1, -0.05) is 43.2 Å². The zero-order valence-corrected chi connectivity index (χ0v) is 21.0. The van der Waals surface area contributed by atoms with Gasteiger partial charge in [-0.05, 0) is 55.0 Å². The van der Waals surface area contributed by atoms with Crippen molar-refractivity contribution in [3.05, 3.63) is 60.2 Å². The van der Waals surface area contributed by atoms with Gasteiger partial charge >= 0.3 is 5.97 Å². The molecule has 0 N–H and O–H groups in total. The van der Waals surface area contributed by atoms with Crippen LogP contribution in [0.4, 0.5) is 0 Å². The molecule has 10 heteroatoms. The first-order valence-electron chi connectivity index (χ1n) is 11.4. The zero-order chi connectivity index (χ0) is 24.5. The first-order valence-corrected chi connectivity index (χ1v) is 14.3. The van der Waals surface area contributed by atoms with Gasteiger partial charge < -0.3 is 4.74 Å². The molecule has 4 rings (SSSR count). The van der Waals surface area contributed by atoms with Gasteiger partial charge in [0.15, 0.2) is 0 Å². The molecule has 1 saturated heterocycles. The largest absolute Gasteiger partial charge is 0.460 e. The molecule has 2 aromatic rings. The Morgan fingerprint density at radius 3 is 2.35 bits per heavy atom. The monoisotopic (exact) mass is 506 g/mol. The summed E-state index contributed by atoms with van der Waals surface area (Å²) in [5.74, 6) is -0.479. The Kier molecular flexibility index (Phi) is 7.14. The van der Waals surface area contributed by atoms with Gasteiger partial charge in [-0.15, -0.1) is 0 Å². The van der Waals surface area contributed by atoms with Crippen LogP contribution in [0.2, 0.25) is 0 Å². The molecule has 0 spiro atoms. The zero-order valence-electron chi connectivity index (χ0n) is 19.3. The van der Waals surface area contributed by atoms with Crippen LogP contribution in [0, 0.1) is 5.92 Å². The summed E-state index contributed by atoms with van der Waals surface area (Å²) in [4.78, 5) is 13.5. The van der Waals surface area contributed by atoms with Gasteiger partial charge in [0, 0.05) is 20.1 Å². The average molecular weight is 507 g/mol. The fourth-order valence-electron chi connectivity index (χ4n) is 4.94. The van der Waals surface area contributed by atoms with E-state index in [2.05, 4.69) is 0 Å². The predicted octanol–water partition coefficient (Wildman–Crippen LogP) is 3.00. The van der Waals surface area contributed by atoms with Crippen molar-refractivity contribution in [3.8, 4) is 0 Å². The molecule has 2 fully saturated rings. The lowest BCUT2D eigenvalue weighted by atomic mass is 9.85. The molecule has 2 aromatic carbocycles. The van der Waals surface area contributed by atoms with Crippen LogP contribution in [0.1, 0.15) is 37.7 Å². The summed E-state index contributed by atoms with van der Waals surface area (Å²) in [7, 11) is -4.60. The van der Waals surface area contributed by atoms with Crippen molar-refractivity contribution in [2.75, 3.05) is 14.1 Å². The van der Waals surface area contributed by atoms with E-state index in [1.54, 1.807) is 42.5 Å². The molecule has 1 aliphatic carbocycles. The molecule has 0 amide bonds. The Hall–Kier alpha value is -2.27. The molecular weight excluding hydrogens is 476 g/mol. The van der Waals surface area contributed by atoms with Crippen molar-refractivity contribution in [3.63, 3.8) is 0 Å². The number of benzene rings is 2. The molecule has 0 bridgehead atoms. The maximum atomic E-state index is 13.5. The second-order valence-corrected chi connectivity index (χ2v) is 13.0. The third-order valence-electron chi connectivity index (χ3n) is 6.68. The molecule has 3 unspecified atom stereocenters. The molecule has 0 radical (unpaired) electrons. The first kappa shape index (κ1) is 24.8. The Morgan fingerprint density at radius 1 is 0.971 bits per heavy atom. The minimum absolute atomic E-state index is 0.103. The Morgan fingerprint density at radius 2 is 1.65 bits per heavy atom. The normalized spacial score (nSPS) is 23.6. The number of rotatable bonds is 7. The van der Waals surface area contributed by atoms with Gasteiger partial charge in [-0.3, -0.25) is 4.79 Å². The molecule has 1 aliphatic heterocycles. The number of hydrogen-bond donors (Lipinski definition) is 0. The van der Waals surface area contributed by atoms with Crippen molar-refractivity contribution < 1.29 is 26.4 Å². The SMILES string of the molecule is CN(C)S(=O)(=O)c1cccc(COC(=O)C2CC3CCCCC3N2S(=O)(=O)c2ccccc2)c1. The summed E-state index contributed by atoms with van der Waals surface area (Å²) in [5, 5.41) is 0. The minimum Gasteiger partial charge on any atom is -0.460 e. The third-order valence-corrected chi connectivity index (χ3v) is 10.4. The molecule has 184 valence electrons. The highest BCUT2D eigenvalue weighted by atomic mass is 32.2. The van der Waals surface area contributed by atoms with E-state index in [0.717, 1.165) is 30.0 Å². The predicted molar refractivity (Wildman–Crippen MR) is 127 cm³/mol. The maximum absolute atomic E-state index is 13.5. The van der Waals surface area contributed by atoms with E-state index in [0.29, 0.717) is 12.0 Å². The highest BCUT2D eigenvalue weighted by Crippen LogP contribution is 2.43. The van der Waals surface area contributed by atoms with Crippen LogP contribution >= 0.6 is 0 Å². The first-order chi connectivity index (χ1) is 16.1. The number of carbonyl (C=O) groups excluding carboxylic acids is 1. The number of esters is 1. The quantitative estimate of drug-likeness (QED) is 0.535. The number of fused-ring (bicyclic) bond motifs is 1. The van der Waals surface area contributed by atoms with E-state index in [1.165, 1.54) is 30.5 Å². The van der Waals surface area contributed by atoms with Crippen molar-refractivity contribution in [2.45, 2.75) is 60.6 Å². The van der Waals surface area contributed by atoms with Gasteiger partial charge in [0.1, 0.15) is 12.6 Å². The van der Waals surface area contributed by atoms with Crippen LogP contribution in [0.5, 0.6) is 0 Å². The Balaban J connectivity index is 1.56. The van der Waals surface area contributed by atoms with Crippen molar-refractivity contribution in [1.82, 2.24) is 8.61 Å². The minimum atomic E-state index is -3.87. The van der Waals surface area contributed by atoms with E-state index < -0.39 is 32.1 Å². The second kappa shape index (κ2) is 9.77. The standard InChI is InChI=1S/C24H30N2O6S2/c1-25(2)33(28,29)21-13-8-9-18(15-21)17-32-24(27)23-16-19-10-6-7-14-22(19)26(23)34(30,31)20-11-4-3-5-12-20/h3-5,8-9,11-13,15,19,22-23H,6-7,10,14,16-17H2,1-2H3. The lowest BCUT2D eigenvalue weighted by Gasteiger charge is -2.32. The van der Waals surface area contributed by atoms with Gasteiger partial charge in [0.2, 0.25) is 20.0 Å². The number of nitrogens with zero attached hydrogens (tertiary/aromatic N) is 2. The van der Waals surface area contributed by atoms with Crippen molar-refractivity contribution in [1.29, 1.82) is 0 Å². The fraction of sp³-hybridized carbons (Fsp3) is 0.458. The van der Waals surface area contributed by atoms with E-state index in [4.69, 9.17) is 4.74 Å². The topological polar surface area (TPSA) is 101 Å².